The minimum absolute atomic E-state index is 0.0784. The Hall–Kier alpha value is -1.65. The monoisotopic (exact) mass is 332 g/mol. The Kier molecular flexibility index (Phi) is 4.93. The molecule has 3 N–H and O–H groups in total. The van der Waals surface area contributed by atoms with E-state index in [4.69, 9.17) is 5.73 Å². The number of rotatable bonds is 4. The molecule has 2 atom stereocenters. The maximum atomic E-state index is 12.1. The normalized spacial score (nSPS) is 13.6. The van der Waals surface area contributed by atoms with E-state index in [0.717, 1.165) is 15.6 Å². The predicted octanol–water partition coefficient (Wildman–Crippen LogP) is 3.33. The van der Waals surface area contributed by atoms with E-state index in [1.807, 2.05) is 61.5 Å². The first-order valence-electron chi connectivity index (χ1n) is 6.44. The highest BCUT2D eigenvalue weighted by atomic mass is 79.9. The van der Waals surface area contributed by atoms with Gasteiger partial charge in [-0.05, 0) is 30.2 Å². The van der Waals surface area contributed by atoms with Gasteiger partial charge in [0.1, 0.15) is 6.04 Å². The molecule has 0 aromatic heterocycles. The maximum Gasteiger partial charge on any atom is 0.241 e. The quantitative estimate of drug-likeness (QED) is 0.902. The summed E-state index contributed by atoms with van der Waals surface area (Å²) in [4.78, 5) is 12.1. The highest BCUT2D eigenvalue weighted by molar-refractivity contribution is 9.10. The molecule has 0 aliphatic carbocycles. The van der Waals surface area contributed by atoms with Crippen LogP contribution in [0.25, 0.3) is 0 Å². The lowest BCUT2D eigenvalue weighted by Crippen LogP contribution is -2.35. The largest absolute Gasteiger partial charge is 0.348 e. The van der Waals surface area contributed by atoms with Crippen LogP contribution in [0.3, 0.4) is 0 Å². The second-order valence-corrected chi connectivity index (χ2v) is 5.59. The number of carbonyl (C=O) groups is 1. The lowest BCUT2D eigenvalue weighted by molar-refractivity contribution is -0.123. The molecule has 1 amide bonds. The fourth-order valence-corrected chi connectivity index (χ4v) is 2.21. The van der Waals surface area contributed by atoms with Gasteiger partial charge in [-0.2, -0.15) is 0 Å². The highest BCUT2D eigenvalue weighted by Crippen LogP contribution is 2.18. The van der Waals surface area contributed by atoms with Gasteiger partial charge in [-0.3, -0.25) is 4.79 Å². The Morgan fingerprint density at radius 1 is 1.05 bits per heavy atom. The van der Waals surface area contributed by atoms with Gasteiger partial charge in [0.2, 0.25) is 5.91 Å². The van der Waals surface area contributed by atoms with Crippen LogP contribution in [0.15, 0.2) is 59.1 Å². The summed E-state index contributed by atoms with van der Waals surface area (Å²) in [6, 6.07) is 16.5. The summed E-state index contributed by atoms with van der Waals surface area (Å²) in [5, 5.41) is 2.93. The lowest BCUT2D eigenvalue weighted by atomic mass is 10.1. The summed E-state index contributed by atoms with van der Waals surface area (Å²) in [5.41, 5.74) is 7.83. The van der Waals surface area contributed by atoms with Crippen LogP contribution >= 0.6 is 15.9 Å². The van der Waals surface area contributed by atoms with E-state index in [2.05, 4.69) is 21.2 Å². The third-order valence-corrected chi connectivity index (χ3v) is 3.70. The molecule has 0 saturated heterocycles. The number of benzene rings is 2. The fourth-order valence-electron chi connectivity index (χ4n) is 1.95. The maximum absolute atomic E-state index is 12.1. The smallest absolute Gasteiger partial charge is 0.241 e. The summed E-state index contributed by atoms with van der Waals surface area (Å²) in [7, 11) is 0. The molecule has 104 valence electrons. The molecule has 0 spiro atoms. The molecule has 0 radical (unpaired) electrons. The molecule has 2 aromatic rings. The van der Waals surface area contributed by atoms with Crippen LogP contribution in [0.4, 0.5) is 0 Å². The van der Waals surface area contributed by atoms with Crippen LogP contribution in [0.2, 0.25) is 0 Å². The van der Waals surface area contributed by atoms with Crippen molar-refractivity contribution in [2.75, 3.05) is 0 Å². The average molecular weight is 333 g/mol. The van der Waals surface area contributed by atoms with E-state index >= 15 is 0 Å². The van der Waals surface area contributed by atoms with Gasteiger partial charge >= 0.3 is 0 Å². The van der Waals surface area contributed by atoms with Gasteiger partial charge in [0, 0.05) is 4.47 Å². The number of halogens is 1. The molecular formula is C16H17BrN2O. The molecular weight excluding hydrogens is 316 g/mol. The third-order valence-electron chi connectivity index (χ3n) is 3.17. The number of nitrogens with two attached hydrogens (primary N) is 1. The number of carbonyl (C=O) groups excluding carboxylic acids is 1. The molecule has 4 heteroatoms. The van der Waals surface area contributed by atoms with Gasteiger partial charge in [0.25, 0.3) is 0 Å². The van der Waals surface area contributed by atoms with Crippen molar-refractivity contribution in [3.63, 3.8) is 0 Å². The SMILES string of the molecule is C[C@H](NC(=O)[C@H](N)c1ccccc1)c1ccc(Br)cc1. The minimum atomic E-state index is -0.644. The summed E-state index contributed by atoms with van der Waals surface area (Å²) >= 11 is 3.39. The van der Waals surface area contributed by atoms with E-state index in [0.29, 0.717) is 0 Å². The van der Waals surface area contributed by atoms with Crippen LogP contribution in [-0.2, 0) is 4.79 Å². The Labute approximate surface area is 127 Å². The fraction of sp³-hybridized carbons (Fsp3) is 0.188. The van der Waals surface area contributed by atoms with Crippen LogP contribution in [0.1, 0.15) is 30.1 Å². The summed E-state index contributed by atoms with van der Waals surface area (Å²) in [6.45, 7) is 1.94. The zero-order valence-corrected chi connectivity index (χ0v) is 12.8. The molecule has 0 saturated carbocycles. The molecule has 0 aliphatic heterocycles. The van der Waals surface area contributed by atoms with Crippen LogP contribution < -0.4 is 11.1 Å². The molecule has 0 heterocycles. The first-order valence-corrected chi connectivity index (χ1v) is 7.23. The summed E-state index contributed by atoms with van der Waals surface area (Å²) < 4.78 is 1.01. The van der Waals surface area contributed by atoms with Crippen molar-refractivity contribution >= 4 is 21.8 Å². The van der Waals surface area contributed by atoms with Gasteiger partial charge < -0.3 is 11.1 Å². The first-order chi connectivity index (χ1) is 9.58. The highest BCUT2D eigenvalue weighted by Gasteiger charge is 2.17. The van der Waals surface area contributed by atoms with Crippen molar-refractivity contribution in [3.05, 3.63) is 70.2 Å². The zero-order valence-electron chi connectivity index (χ0n) is 11.2. The van der Waals surface area contributed by atoms with Crippen LogP contribution in [0, 0.1) is 0 Å². The molecule has 0 aliphatic rings. The average Bonchev–Trinajstić information content (AvgIpc) is 2.48. The van der Waals surface area contributed by atoms with Crippen molar-refractivity contribution in [1.29, 1.82) is 0 Å². The van der Waals surface area contributed by atoms with Crippen molar-refractivity contribution in [1.82, 2.24) is 5.32 Å². The van der Waals surface area contributed by atoms with Crippen molar-refractivity contribution in [2.45, 2.75) is 19.0 Å². The van der Waals surface area contributed by atoms with Crippen LogP contribution in [0.5, 0.6) is 0 Å². The molecule has 2 aromatic carbocycles. The van der Waals surface area contributed by atoms with Gasteiger partial charge in [-0.1, -0.05) is 58.4 Å². The van der Waals surface area contributed by atoms with E-state index in [-0.39, 0.29) is 11.9 Å². The van der Waals surface area contributed by atoms with Crippen molar-refractivity contribution in [3.8, 4) is 0 Å². The number of amides is 1. The Morgan fingerprint density at radius 2 is 1.65 bits per heavy atom. The van der Waals surface area contributed by atoms with Crippen molar-refractivity contribution < 1.29 is 4.79 Å². The van der Waals surface area contributed by atoms with Crippen LogP contribution in [-0.4, -0.2) is 5.91 Å². The molecule has 2 rings (SSSR count). The lowest BCUT2D eigenvalue weighted by Gasteiger charge is -2.18. The molecule has 3 nitrogen and oxygen atoms in total. The second-order valence-electron chi connectivity index (χ2n) is 4.67. The summed E-state index contributed by atoms with van der Waals surface area (Å²) in [5.74, 6) is -0.174. The van der Waals surface area contributed by atoms with Gasteiger partial charge in [0.15, 0.2) is 0 Å². The van der Waals surface area contributed by atoms with E-state index in [1.54, 1.807) is 0 Å². The van der Waals surface area contributed by atoms with Gasteiger partial charge in [-0.25, -0.2) is 0 Å². The van der Waals surface area contributed by atoms with E-state index in [9.17, 15) is 4.79 Å². The molecule has 0 unspecified atom stereocenters. The van der Waals surface area contributed by atoms with Gasteiger partial charge in [0.05, 0.1) is 6.04 Å². The Balaban J connectivity index is 2.02. The number of hydrogen-bond acceptors (Lipinski definition) is 2. The van der Waals surface area contributed by atoms with E-state index in [1.165, 1.54) is 0 Å². The second kappa shape index (κ2) is 6.68. The third kappa shape index (κ3) is 3.68. The standard InChI is InChI=1S/C16H17BrN2O/c1-11(12-7-9-14(17)10-8-12)19-16(20)15(18)13-5-3-2-4-6-13/h2-11,15H,18H2,1H3,(H,19,20)/t11-,15+/m0/s1. The molecule has 20 heavy (non-hydrogen) atoms. The summed E-state index contributed by atoms with van der Waals surface area (Å²) in [6.07, 6.45) is 0. The Bertz CT molecular complexity index is 569. The number of hydrogen-bond donors (Lipinski definition) is 2. The van der Waals surface area contributed by atoms with Crippen molar-refractivity contribution in [2.24, 2.45) is 5.73 Å². The first kappa shape index (κ1) is 14.8. The minimum Gasteiger partial charge on any atom is -0.348 e. The predicted molar refractivity (Wildman–Crippen MR) is 84.1 cm³/mol. The number of nitrogens with one attached hydrogen (secondary N) is 1. The van der Waals surface area contributed by atoms with Gasteiger partial charge in [-0.15, -0.1) is 0 Å². The molecule has 0 fully saturated rings. The zero-order chi connectivity index (χ0) is 14.5. The Morgan fingerprint density at radius 3 is 2.25 bits per heavy atom. The topological polar surface area (TPSA) is 55.1 Å². The molecule has 0 bridgehead atoms. The van der Waals surface area contributed by atoms with E-state index < -0.39 is 6.04 Å².